The van der Waals surface area contributed by atoms with Crippen molar-refractivity contribution in [2.75, 3.05) is 0 Å². The molecule has 1 aromatic heterocycles. The van der Waals surface area contributed by atoms with Crippen LogP contribution in [0.15, 0.2) is 18.2 Å². The lowest BCUT2D eigenvalue weighted by atomic mass is 10.1. The summed E-state index contributed by atoms with van der Waals surface area (Å²) in [6.07, 6.45) is 0. The fourth-order valence-corrected chi connectivity index (χ4v) is 1.76. The van der Waals surface area contributed by atoms with Gasteiger partial charge in [-0.3, -0.25) is 4.79 Å². The Balaban J connectivity index is 2.62. The van der Waals surface area contributed by atoms with Crippen molar-refractivity contribution in [2.45, 2.75) is 0 Å². The molecule has 1 aromatic carbocycles. The van der Waals surface area contributed by atoms with Gasteiger partial charge in [0, 0.05) is 9.13 Å². The predicted molar refractivity (Wildman–Crippen MR) is 63.0 cm³/mol. The summed E-state index contributed by atoms with van der Waals surface area (Å²) < 4.78 is 14.4. The number of nitrogens with zero attached hydrogens (tertiary/aromatic N) is 2. The Labute approximate surface area is 103 Å². The zero-order valence-corrected chi connectivity index (χ0v) is 10.0. The van der Waals surface area contributed by atoms with Crippen molar-refractivity contribution in [3.05, 3.63) is 33.3 Å². The van der Waals surface area contributed by atoms with Crippen molar-refractivity contribution >= 4 is 28.5 Å². The Morgan fingerprint density at radius 2 is 2.19 bits per heavy atom. The lowest BCUT2D eigenvalue weighted by Gasteiger charge is -2.01. The van der Waals surface area contributed by atoms with E-state index >= 15 is 0 Å². The summed E-state index contributed by atoms with van der Waals surface area (Å²) in [6, 6.07) is 4.49. The molecule has 82 valence electrons. The molecule has 0 radical (unpaired) electrons. The van der Waals surface area contributed by atoms with E-state index in [0.717, 1.165) is 3.57 Å². The number of benzene rings is 1. The number of aromatic nitrogens is 3. The molecule has 1 amide bonds. The average molecular weight is 332 g/mol. The van der Waals surface area contributed by atoms with E-state index in [1.807, 2.05) is 22.6 Å². The van der Waals surface area contributed by atoms with E-state index in [-0.39, 0.29) is 17.0 Å². The number of halogens is 2. The molecule has 2 rings (SSSR count). The molecule has 0 spiro atoms. The van der Waals surface area contributed by atoms with Gasteiger partial charge in [0.2, 0.25) is 0 Å². The van der Waals surface area contributed by atoms with E-state index in [0.29, 0.717) is 0 Å². The average Bonchev–Trinajstić information content (AvgIpc) is 2.70. The van der Waals surface area contributed by atoms with Crippen LogP contribution in [0.5, 0.6) is 0 Å². The maximum atomic E-state index is 13.5. The Hall–Kier alpha value is -1.51. The Morgan fingerprint density at radius 1 is 1.44 bits per heavy atom. The second-order valence-corrected chi connectivity index (χ2v) is 4.25. The summed E-state index contributed by atoms with van der Waals surface area (Å²) in [7, 11) is 0. The predicted octanol–water partition coefficient (Wildman–Crippen LogP) is 1.31. The third kappa shape index (κ3) is 1.90. The number of carbonyl (C=O) groups is 1. The number of carbonyl (C=O) groups excluding carboxylic acids is 1. The third-order valence-electron chi connectivity index (χ3n) is 1.96. The molecular weight excluding hydrogens is 326 g/mol. The SMILES string of the molecule is NC(=O)c1n[nH]nc1-c1cc(I)ccc1F. The highest BCUT2D eigenvalue weighted by Gasteiger charge is 2.18. The molecule has 0 saturated heterocycles. The second-order valence-electron chi connectivity index (χ2n) is 3.01. The molecule has 3 N–H and O–H groups in total. The molecule has 2 aromatic rings. The molecule has 16 heavy (non-hydrogen) atoms. The van der Waals surface area contributed by atoms with Crippen LogP contribution in [-0.2, 0) is 0 Å². The molecule has 5 nitrogen and oxygen atoms in total. The quantitative estimate of drug-likeness (QED) is 0.814. The van der Waals surface area contributed by atoms with E-state index < -0.39 is 11.7 Å². The number of primary amides is 1. The van der Waals surface area contributed by atoms with Crippen molar-refractivity contribution in [2.24, 2.45) is 5.73 Å². The van der Waals surface area contributed by atoms with E-state index in [1.54, 1.807) is 12.1 Å². The first-order valence-corrected chi connectivity index (χ1v) is 5.33. The zero-order valence-electron chi connectivity index (χ0n) is 7.87. The third-order valence-corrected chi connectivity index (χ3v) is 2.64. The number of nitrogens with two attached hydrogens (primary N) is 1. The summed E-state index contributed by atoms with van der Waals surface area (Å²) in [5, 5.41) is 9.57. The van der Waals surface area contributed by atoms with Gasteiger partial charge in [0.15, 0.2) is 5.69 Å². The number of nitrogens with one attached hydrogen (secondary N) is 1. The van der Waals surface area contributed by atoms with Crippen LogP contribution in [0.3, 0.4) is 0 Å². The zero-order chi connectivity index (χ0) is 11.7. The van der Waals surface area contributed by atoms with Crippen LogP contribution < -0.4 is 5.73 Å². The van der Waals surface area contributed by atoms with Gasteiger partial charge in [0.25, 0.3) is 5.91 Å². The molecule has 0 aliphatic heterocycles. The summed E-state index contributed by atoms with van der Waals surface area (Å²) in [5.41, 5.74) is 5.36. The number of hydrogen-bond donors (Lipinski definition) is 2. The molecule has 0 fully saturated rings. The number of hydrogen-bond acceptors (Lipinski definition) is 3. The molecule has 0 unspecified atom stereocenters. The molecule has 0 saturated carbocycles. The van der Waals surface area contributed by atoms with E-state index in [9.17, 15) is 9.18 Å². The summed E-state index contributed by atoms with van der Waals surface area (Å²) >= 11 is 2.03. The normalized spacial score (nSPS) is 10.4. The van der Waals surface area contributed by atoms with Crippen molar-refractivity contribution < 1.29 is 9.18 Å². The molecule has 0 aliphatic carbocycles. The topological polar surface area (TPSA) is 84.7 Å². The highest BCUT2D eigenvalue weighted by molar-refractivity contribution is 14.1. The minimum atomic E-state index is -0.748. The minimum Gasteiger partial charge on any atom is -0.364 e. The van der Waals surface area contributed by atoms with Crippen LogP contribution in [0.4, 0.5) is 4.39 Å². The van der Waals surface area contributed by atoms with Crippen LogP contribution in [0.2, 0.25) is 0 Å². The van der Waals surface area contributed by atoms with Gasteiger partial charge in [0.1, 0.15) is 11.5 Å². The van der Waals surface area contributed by atoms with Gasteiger partial charge in [0.05, 0.1) is 0 Å². The van der Waals surface area contributed by atoms with Crippen molar-refractivity contribution in [1.29, 1.82) is 0 Å². The summed E-state index contributed by atoms with van der Waals surface area (Å²) in [5.74, 6) is -1.22. The van der Waals surface area contributed by atoms with Crippen molar-refractivity contribution in [1.82, 2.24) is 15.4 Å². The fourth-order valence-electron chi connectivity index (χ4n) is 1.27. The highest BCUT2D eigenvalue weighted by atomic mass is 127. The largest absolute Gasteiger partial charge is 0.364 e. The van der Waals surface area contributed by atoms with Crippen molar-refractivity contribution in [3.63, 3.8) is 0 Å². The molecule has 7 heteroatoms. The Kier molecular flexibility index (Phi) is 2.86. The summed E-state index contributed by atoms with van der Waals surface area (Å²) in [6.45, 7) is 0. The molecule has 1 heterocycles. The maximum Gasteiger partial charge on any atom is 0.271 e. The lowest BCUT2D eigenvalue weighted by molar-refractivity contribution is 0.0996. The van der Waals surface area contributed by atoms with Gasteiger partial charge < -0.3 is 5.73 Å². The Morgan fingerprint density at radius 3 is 2.88 bits per heavy atom. The van der Waals surface area contributed by atoms with Gasteiger partial charge in [-0.2, -0.15) is 15.4 Å². The van der Waals surface area contributed by atoms with Gasteiger partial charge >= 0.3 is 0 Å². The van der Waals surface area contributed by atoms with Crippen LogP contribution in [0.1, 0.15) is 10.5 Å². The molecule has 0 aliphatic rings. The molecular formula is C9H6FIN4O. The van der Waals surface area contributed by atoms with Crippen LogP contribution in [0, 0.1) is 9.39 Å². The highest BCUT2D eigenvalue weighted by Crippen LogP contribution is 2.24. The van der Waals surface area contributed by atoms with Gasteiger partial charge in [-0.1, -0.05) is 0 Å². The smallest absolute Gasteiger partial charge is 0.271 e. The fraction of sp³-hybridized carbons (Fsp3) is 0. The first-order chi connectivity index (χ1) is 7.59. The summed E-state index contributed by atoms with van der Waals surface area (Å²) in [4.78, 5) is 11.0. The second kappa shape index (κ2) is 4.16. The van der Waals surface area contributed by atoms with Gasteiger partial charge in [-0.25, -0.2) is 4.39 Å². The van der Waals surface area contributed by atoms with E-state index in [1.165, 1.54) is 6.07 Å². The molecule has 0 atom stereocenters. The number of amides is 1. The number of aromatic amines is 1. The van der Waals surface area contributed by atoms with E-state index in [2.05, 4.69) is 15.4 Å². The van der Waals surface area contributed by atoms with Crippen LogP contribution >= 0.6 is 22.6 Å². The Bertz CT molecular complexity index is 554. The van der Waals surface area contributed by atoms with Crippen LogP contribution in [0.25, 0.3) is 11.3 Å². The molecule has 0 bridgehead atoms. The number of H-pyrrole nitrogens is 1. The maximum absolute atomic E-state index is 13.5. The first kappa shape index (κ1) is 11.0. The lowest BCUT2D eigenvalue weighted by Crippen LogP contribution is -2.13. The standard InChI is InChI=1S/C9H6FIN4O/c10-6-2-1-4(11)3-5(6)7-8(9(12)16)14-15-13-7/h1-3H,(H2,12,16)(H,13,14,15). The van der Waals surface area contributed by atoms with Crippen LogP contribution in [-0.4, -0.2) is 21.3 Å². The van der Waals surface area contributed by atoms with Gasteiger partial charge in [-0.05, 0) is 40.8 Å². The first-order valence-electron chi connectivity index (χ1n) is 4.25. The van der Waals surface area contributed by atoms with E-state index in [4.69, 9.17) is 5.73 Å². The minimum absolute atomic E-state index is 0.0686. The van der Waals surface area contributed by atoms with Crippen molar-refractivity contribution in [3.8, 4) is 11.3 Å². The monoisotopic (exact) mass is 332 g/mol. The van der Waals surface area contributed by atoms with Gasteiger partial charge in [-0.15, -0.1) is 0 Å². The number of rotatable bonds is 2.